The number of hydrogen-bond donors (Lipinski definition) is 3. The van der Waals surface area contributed by atoms with Gasteiger partial charge in [0.2, 0.25) is 0 Å². The molecule has 2 aliphatic rings. The fourth-order valence-electron chi connectivity index (χ4n) is 7.01. The SMILES string of the molecule is O=C(O)c1ccc(-c2c3nc(c(-c4ccccc4)c4ccc([nH]4)c(-c4ccccc4)c4ccc([nH]4)c(-c4ccccc4)c4nc2C=C4)C=C3)cc1. The molecule has 5 heterocycles. The minimum atomic E-state index is -0.973. The van der Waals surface area contributed by atoms with E-state index in [9.17, 15) is 9.90 Å². The third kappa shape index (κ3) is 5.45. The minimum absolute atomic E-state index is 0.219. The van der Waals surface area contributed by atoms with Crippen LogP contribution in [0.3, 0.4) is 0 Å². The quantitative estimate of drug-likeness (QED) is 0.171. The standard InChI is InChI=1S/C45H30N4O2/c50-45(51)32-18-16-31(17-19-32)44-39-26-24-37(48-39)42(29-12-6-2-7-13-29)35-22-20-33(46-35)41(28-10-4-1-5-11-28)34-21-23-36(47-34)43(30-14-8-3-9-15-30)38-25-27-40(44)49-38/h1-27,46-47H,(H,50,51). The summed E-state index contributed by atoms with van der Waals surface area (Å²) in [5.74, 6) is -0.973. The molecule has 0 atom stereocenters. The maximum Gasteiger partial charge on any atom is 0.335 e. The zero-order chi connectivity index (χ0) is 34.3. The van der Waals surface area contributed by atoms with Crippen LogP contribution in [0.5, 0.6) is 0 Å². The maximum atomic E-state index is 11.8. The normalized spacial score (nSPS) is 11.9. The van der Waals surface area contributed by atoms with Gasteiger partial charge in [0.15, 0.2) is 0 Å². The van der Waals surface area contributed by atoms with Gasteiger partial charge in [0, 0.05) is 44.3 Å². The summed E-state index contributed by atoms with van der Waals surface area (Å²) in [4.78, 5) is 29.9. The van der Waals surface area contributed by atoms with Gasteiger partial charge < -0.3 is 15.1 Å². The number of nitrogens with one attached hydrogen (secondary N) is 2. The Morgan fingerprint density at radius 2 is 0.725 bits per heavy atom. The Hall–Kier alpha value is -7.05. The smallest absolute Gasteiger partial charge is 0.335 e. The number of aromatic amines is 2. The first-order valence-electron chi connectivity index (χ1n) is 16.8. The van der Waals surface area contributed by atoms with Gasteiger partial charge in [0.1, 0.15) is 0 Å². The molecule has 3 N–H and O–H groups in total. The molecule has 0 radical (unpaired) electrons. The molecule has 2 aliphatic heterocycles. The van der Waals surface area contributed by atoms with E-state index >= 15 is 0 Å². The minimum Gasteiger partial charge on any atom is -0.478 e. The Labute approximate surface area is 293 Å². The van der Waals surface area contributed by atoms with Crippen LogP contribution < -0.4 is 0 Å². The highest BCUT2D eigenvalue weighted by Gasteiger charge is 2.19. The summed E-state index contributed by atoms with van der Waals surface area (Å²) in [5, 5.41) is 9.63. The number of carboxylic acids is 1. The summed E-state index contributed by atoms with van der Waals surface area (Å²) in [5.41, 5.74) is 14.9. The van der Waals surface area contributed by atoms with Crippen molar-refractivity contribution in [2.24, 2.45) is 0 Å². The molecule has 0 fully saturated rings. The summed E-state index contributed by atoms with van der Waals surface area (Å²) in [7, 11) is 0. The molecule has 0 spiro atoms. The Kier molecular flexibility index (Phi) is 7.33. The van der Waals surface area contributed by atoms with E-state index in [1.54, 1.807) is 12.1 Å². The van der Waals surface area contributed by atoms with Gasteiger partial charge in [-0.25, -0.2) is 14.8 Å². The number of hydrogen-bond acceptors (Lipinski definition) is 3. The van der Waals surface area contributed by atoms with E-state index in [2.05, 4.69) is 82.8 Å². The Balaban J connectivity index is 1.46. The van der Waals surface area contributed by atoms with E-state index in [0.29, 0.717) is 0 Å². The lowest BCUT2D eigenvalue weighted by molar-refractivity contribution is 0.0697. The number of benzene rings is 4. The van der Waals surface area contributed by atoms with Crippen molar-refractivity contribution in [3.05, 3.63) is 168 Å². The molecule has 0 amide bonds. The van der Waals surface area contributed by atoms with E-state index in [-0.39, 0.29) is 5.56 Å². The summed E-state index contributed by atoms with van der Waals surface area (Å²) in [6.07, 6.45) is 8.14. The maximum absolute atomic E-state index is 11.8. The van der Waals surface area contributed by atoms with Gasteiger partial charge in [-0.15, -0.1) is 0 Å². The van der Waals surface area contributed by atoms with E-state index in [0.717, 1.165) is 89.4 Å². The van der Waals surface area contributed by atoms with Crippen molar-refractivity contribution in [1.29, 1.82) is 0 Å². The molecule has 7 aromatic rings. The number of H-pyrrole nitrogens is 2. The molecule has 242 valence electrons. The van der Waals surface area contributed by atoms with Crippen LogP contribution in [0.25, 0.3) is 90.9 Å². The van der Waals surface area contributed by atoms with Gasteiger partial charge in [0.05, 0.1) is 28.3 Å². The highest BCUT2D eigenvalue weighted by molar-refractivity contribution is 6.00. The number of carbonyl (C=O) groups is 1. The lowest BCUT2D eigenvalue weighted by atomic mass is 10.0. The van der Waals surface area contributed by atoms with Crippen molar-refractivity contribution < 1.29 is 9.90 Å². The number of aromatic nitrogens is 4. The van der Waals surface area contributed by atoms with Crippen molar-refractivity contribution >= 4 is 52.3 Å². The fraction of sp³-hybridized carbons (Fsp3) is 0. The van der Waals surface area contributed by atoms with Gasteiger partial charge in [-0.1, -0.05) is 103 Å². The molecule has 0 saturated heterocycles. The molecule has 0 aliphatic carbocycles. The summed E-state index contributed by atoms with van der Waals surface area (Å²) < 4.78 is 0. The lowest BCUT2D eigenvalue weighted by Crippen LogP contribution is -1.96. The second-order valence-corrected chi connectivity index (χ2v) is 12.5. The Morgan fingerprint density at radius 1 is 0.392 bits per heavy atom. The number of nitrogens with zero attached hydrogens (tertiary/aromatic N) is 2. The van der Waals surface area contributed by atoms with Gasteiger partial charge in [0.25, 0.3) is 0 Å². The molecule has 3 aromatic heterocycles. The van der Waals surface area contributed by atoms with Crippen molar-refractivity contribution in [2.75, 3.05) is 0 Å². The number of carboxylic acid groups (broad SMARTS) is 1. The van der Waals surface area contributed by atoms with Crippen LogP contribution in [0, 0.1) is 0 Å². The average molecular weight is 659 g/mol. The molecular formula is C45H30N4O2. The second-order valence-electron chi connectivity index (χ2n) is 12.5. The first-order valence-corrected chi connectivity index (χ1v) is 16.8. The fourth-order valence-corrected chi connectivity index (χ4v) is 7.01. The molecule has 8 bridgehead atoms. The predicted octanol–water partition coefficient (Wildman–Crippen LogP) is 11.0. The van der Waals surface area contributed by atoms with E-state index in [4.69, 9.17) is 9.97 Å². The highest BCUT2D eigenvalue weighted by atomic mass is 16.4. The zero-order valence-electron chi connectivity index (χ0n) is 27.3. The van der Waals surface area contributed by atoms with Crippen LogP contribution in [-0.4, -0.2) is 31.0 Å². The van der Waals surface area contributed by atoms with Crippen molar-refractivity contribution in [1.82, 2.24) is 19.9 Å². The monoisotopic (exact) mass is 658 g/mol. The highest BCUT2D eigenvalue weighted by Crippen LogP contribution is 2.38. The van der Waals surface area contributed by atoms with E-state index in [1.165, 1.54) is 0 Å². The van der Waals surface area contributed by atoms with Crippen LogP contribution in [0.1, 0.15) is 33.1 Å². The van der Waals surface area contributed by atoms with Crippen LogP contribution in [0.2, 0.25) is 0 Å². The second kappa shape index (κ2) is 12.4. The van der Waals surface area contributed by atoms with Crippen molar-refractivity contribution in [3.63, 3.8) is 0 Å². The topological polar surface area (TPSA) is 94.7 Å². The molecule has 51 heavy (non-hydrogen) atoms. The van der Waals surface area contributed by atoms with Crippen LogP contribution in [0.15, 0.2) is 140 Å². The number of rotatable bonds is 5. The molecular weight excluding hydrogens is 629 g/mol. The average Bonchev–Trinajstić information content (AvgIpc) is 4.01. The van der Waals surface area contributed by atoms with E-state index in [1.807, 2.05) is 78.9 Å². The lowest BCUT2D eigenvalue weighted by Gasteiger charge is -2.07. The van der Waals surface area contributed by atoms with Gasteiger partial charge in [-0.3, -0.25) is 0 Å². The molecule has 6 nitrogen and oxygen atoms in total. The molecule has 9 rings (SSSR count). The zero-order valence-corrected chi connectivity index (χ0v) is 27.3. The molecule has 4 aromatic carbocycles. The van der Waals surface area contributed by atoms with E-state index < -0.39 is 5.97 Å². The number of fused-ring (bicyclic) bond motifs is 8. The molecule has 0 saturated carbocycles. The largest absolute Gasteiger partial charge is 0.478 e. The molecule has 6 heteroatoms. The van der Waals surface area contributed by atoms with Gasteiger partial charge in [-0.05, 0) is 83.0 Å². The van der Waals surface area contributed by atoms with Gasteiger partial charge in [-0.2, -0.15) is 0 Å². The summed E-state index contributed by atoms with van der Waals surface area (Å²) in [6, 6.07) is 46.4. The first-order chi connectivity index (χ1) is 25.1. The first kappa shape index (κ1) is 30.0. The third-order valence-electron chi connectivity index (χ3n) is 9.36. The summed E-state index contributed by atoms with van der Waals surface area (Å²) in [6.45, 7) is 0. The number of aromatic carboxylic acids is 1. The van der Waals surface area contributed by atoms with Crippen molar-refractivity contribution in [3.8, 4) is 44.5 Å². The van der Waals surface area contributed by atoms with Crippen LogP contribution >= 0.6 is 0 Å². The van der Waals surface area contributed by atoms with Crippen LogP contribution in [-0.2, 0) is 0 Å². The molecule has 0 unspecified atom stereocenters. The predicted molar refractivity (Wildman–Crippen MR) is 208 cm³/mol. The summed E-state index contributed by atoms with van der Waals surface area (Å²) >= 11 is 0. The Bertz CT molecular complexity index is 2550. The Morgan fingerprint density at radius 3 is 1.12 bits per heavy atom. The van der Waals surface area contributed by atoms with Crippen molar-refractivity contribution in [2.45, 2.75) is 0 Å². The third-order valence-corrected chi connectivity index (χ3v) is 9.36. The van der Waals surface area contributed by atoms with Crippen LogP contribution in [0.4, 0.5) is 0 Å². The van der Waals surface area contributed by atoms with Gasteiger partial charge >= 0.3 is 5.97 Å².